The Kier molecular flexibility index (Phi) is 3.20. The van der Waals surface area contributed by atoms with Crippen molar-refractivity contribution in [3.8, 4) is 0 Å². The van der Waals surface area contributed by atoms with E-state index >= 15 is 0 Å². The van der Waals surface area contributed by atoms with Crippen molar-refractivity contribution in [2.75, 3.05) is 26.2 Å². The van der Waals surface area contributed by atoms with Gasteiger partial charge in [-0.25, -0.2) is 0 Å². The van der Waals surface area contributed by atoms with E-state index in [0.29, 0.717) is 5.54 Å². The molecule has 104 valence electrons. The molecule has 1 saturated carbocycles. The fourth-order valence-electron chi connectivity index (χ4n) is 3.86. The highest BCUT2D eigenvalue weighted by molar-refractivity contribution is 5.03. The van der Waals surface area contributed by atoms with Crippen LogP contribution in [0.15, 0.2) is 0 Å². The summed E-state index contributed by atoms with van der Waals surface area (Å²) in [6.45, 7) is 11.4. The van der Waals surface area contributed by atoms with Gasteiger partial charge in [0, 0.05) is 37.8 Å². The standard InChI is InChI=1S/C15H28N2O/c1-14(2)10-13(6-9-18-14)17-8-7-16-15(3,11-17)12-4-5-12/h12-13,16H,4-11H2,1-3H3. The monoisotopic (exact) mass is 252 g/mol. The minimum atomic E-state index is 0.0732. The van der Waals surface area contributed by atoms with Gasteiger partial charge in [0.2, 0.25) is 0 Å². The molecule has 0 bridgehead atoms. The highest BCUT2D eigenvalue weighted by Crippen LogP contribution is 2.41. The Hall–Kier alpha value is -0.120. The molecule has 0 radical (unpaired) electrons. The zero-order valence-electron chi connectivity index (χ0n) is 12.2. The summed E-state index contributed by atoms with van der Waals surface area (Å²) in [4.78, 5) is 2.74. The van der Waals surface area contributed by atoms with E-state index in [0.717, 1.165) is 25.1 Å². The zero-order chi connectivity index (χ0) is 12.8. The smallest absolute Gasteiger partial charge is 0.0641 e. The Bertz CT molecular complexity index is 314. The molecule has 0 spiro atoms. The van der Waals surface area contributed by atoms with Crippen molar-refractivity contribution in [1.82, 2.24) is 10.2 Å². The van der Waals surface area contributed by atoms with Gasteiger partial charge in [0.05, 0.1) is 5.60 Å². The van der Waals surface area contributed by atoms with Crippen molar-refractivity contribution in [2.24, 2.45) is 5.92 Å². The van der Waals surface area contributed by atoms with E-state index < -0.39 is 0 Å². The number of piperazine rings is 1. The van der Waals surface area contributed by atoms with Gasteiger partial charge >= 0.3 is 0 Å². The van der Waals surface area contributed by atoms with Gasteiger partial charge in [0.15, 0.2) is 0 Å². The van der Waals surface area contributed by atoms with Crippen LogP contribution in [0.5, 0.6) is 0 Å². The van der Waals surface area contributed by atoms with Gasteiger partial charge in [-0.3, -0.25) is 4.90 Å². The first kappa shape index (κ1) is 12.9. The van der Waals surface area contributed by atoms with E-state index in [-0.39, 0.29) is 5.60 Å². The second-order valence-electron chi connectivity index (χ2n) is 7.34. The molecule has 3 aliphatic rings. The number of ether oxygens (including phenoxy) is 1. The van der Waals surface area contributed by atoms with Crippen LogP contribution < -0.4 is 5.32 Å². The van der Waals surface area contributed by atoms with Crippen LogP contribution in [0.3, 0.4) is 0 Å². The summed E-state index contributed by atoms with van der Waals surface area (Å²) in [5, 5.41) is 3.77. The third-order valence-electron chi connectivity index (χ3n) is 5.13. The molecule has 2 unspecified atom stereocenters. The molecular formula is C15H28N2O. The molecule has 3 heteroatoms. The number of hydrogen-bond acceptors (Lipinski definition) is 3. The molecule has 1 N–H and O–H groups in total. The summed E-state index contributed by atoms with van der Waals surface area (Å²) in [7, 11) is 0. The Labute approximate surface area is 111 Å². The second-order valence-corrected chi connectivity index (χ2v) is 7.34. The van der Waals surface area contributed by atoms with Crippen LogP contribution in [0.2, 0.25) is 0 Å². The molecule has 2 heterocycles. The first-order chi connectivity index (χ1) is 8.49. The Morgan fingerprint density at radius 2 is 1.94 bits per heavy atom. The highest BCUT2D eigenvalue weighted by Gasteiger charge is 2.45. The first-order valence-corrected chi connectivity index (χ1v) is 7.62. The quantitative estimate of drug-likeness (QED) is 0.814. The molecule has 2 aliphatic heterocycles. The molecular weight excluding hydrogens is 224 g/mol. The SMILES string of the molecule is CC1(C)CC(N2CCNC(C)(C3CC3)C2)CCO1. The van der Waals surface area contributed by atoms with E-state index in [2.05, 4.69) is 31.0 Å². The van der Waals surface area contributed by atoms with Crippen molar-refractivity contribution < 1.29 is 4.74 Å². The maximum Gasteiger partial charge on any atom is 0.0641 e. The first-order valence-electron chi connectivity index (χ1n) is 7.62. The number of nitrogens with one attached hydrogen (secondary N) is 1. The van der Waals surface area contributed by atoms with Crippen molar-refractivity contribution in [3.05, 3.63) is 0 Å². The van der Waals surface area contributed by atoms with Crippen LogP contribution in [0.25, 0.3) is 0 Å². The lowest BCUT2D eigenvalue weighted by Gasteiger charge is -2.48. The van der Waals surface area contributed by atoms with E-state index in [1.54, 1.807) is 0 Å². The molecule has 3 nitrogen and oxygen atoms in total. The number of rotatable bonds is 2. The van der Waals surface area contributed by atoms with Gasteiger partial charge in [-0.15, -0.1) is 0 Å². The molecule has 2 atom stereocenters. The van der Waals surface area contributed by atoms with Crippen LogP contribution in [0.1, 0.15) is 46.5 Å². The average molecular weight is 252 g/mol. The maximum absolute atomic E-state index is 5.86. The minimum Gasteiger partial charge on any atom is -0.375 e. The van der Waals surface area contributed by atoms with Gasteiger partial charge in [-0.2, -0.15) is 0 Å². The third-order valence-corrected chi connectivity index (χ3v) is 5.13. The maximum atomic E-state index is 5.86. The van der Waals surface area contributed by atoms with Gasteiger partial charge < -0.3 is 10.1 Å². The average Bonchev–Trinajstić information content (AvgIpc) is 3.11. The lowest BCUT2D eigenvalue weighted by atomic mass is 9.88. The van der Waals surface area contributed by atoms with Crippen LogP contribution >= 0.6 is 0 Å². The minimum absolute atomic E-state index is 0.0732. The predicted octanol–water partition coefficient (Wildman–Crippen LogP) is 2.02. The highest BCUT2D eigenvalue weighted by atomic mass is 16.5. The van der Waals surface area contributed by atoms with Crippen LogP contribution in [0, 0.1) is 5.92 Å². The number of nitrogens with zero attached hydrogens (tertiary/aromatic N) is 1. The predicted molar refractivity (Wildman–Crippen MR) is 73.8 cm³/mol. The lowest BCUT2D eigenvalue weighted by Crippen LogP contribution is -2.63. The summed E-state index contributed by atoms with van der Waals surface area (Å²) in [5.41, 5.74) is 0.449. The summed E-state index contributed by atoms with van der Waals surface area (Å²) in [6.07, 6.45) is 5.26. The van der Waals surface area contributed by atoms with E-state index in [1.807, 2.05) is 0 Å². The fourth-order valence-corrected chi connectivity index (χ4v) is 3.86. The van der Waals surface area contributed by atoms with Crippen LogP contribution in [-0.2, 0) is 4.74 Å². The molecule has 3 fully saturated rings. The Balaban J connectivity index is 1.64. The van der Waals surface area contributed by atoms with Crippen molar-refractivity contribution in [1.29, 1.82) is 0 Å². The van der Waals surface area contributed by atoms with E-state index in [1.165, 1.54) is 38.8 Å². The lowest BCUT2D eigenvalue weighted by molar-refractivity contribution is -0.0897. The van der Waals surface area contributed by atoms with Crippen molar-refractivity contribution in [2.45, 2.75) is 63.6 Å². The number of hydrogen-bond donors (Lipinski definition) is 1. The summed E-state index contributed by atoms with van der Waals surface area (Å²) in [5.74, 6) is 0.924. The van der Waals surface area contributed by atoms with Gasteiger partial charge in [-0.1, -0.05) is 0 Å². The van der Waals surface area contributed by atoms with Crippen molar-refractivity contribution >= 4 is 0 Å². The fraction of sp³-hybridized carbons (Fsp3) is 1.00. The van der Waals surface area contributed by atoms with E-state index in [4.69, 9.17) is 4.74 Å². The third kappa shape index (κ3) is 2.59. The topological polar surface area (TPSA) is 24.5 Å². The second kappa shape index (κ2) is 4.46. The molecule has 1 aliphatic carbocycles. The normalized spacial score (nSPS) is 41.8. The zero-order valence-corrected chi connectivity index (χ0v) is 12.2. The van der Waals surface area contributed by atoms with Gasteiger partial charge in [0.1, 0.15) is 0 Å². The summed E-state index contributed by atoms with van der Waals surface area (Å²) in [6, 6.07) is 0.730. The summed E-state index contributed by atoms with van der Waals surface area (Å²) >= 11 is 0. The van der Waals surface area contributed by atoms with Crippen molar-refractivity contribution in [3.63, 3.8) is 0 Å². The van der Waals surface area contributed by atoms with Crippen LogP contribution in [0.4, 0.5) is 0 Å². The Morgan fingerprint density at radius 3 is 2.61 bits per heavy atom. The van der Waals surface area contributed by atoms with E-state index in [9.17, 15) is 0 Å². The molecule has 0 amide bonds. The molecule has 3 rings (SSSR count). The molecule has 0 aromatic rings. The molecule has 2 saturated heterocycles. The molecule has 18 heavy (non-hydrogen) atoms. The molecule has 0 aromatic carbocycles. The summed E-state index contributed by atoms with van der Waals surface area (Å²) < 4.78 is 5.86. The van der Waals surface area contributed by atoms with Gasteiger partial charge in [0.25, 0.3) is 0 Å². The Morgan fingerprint density at radius 1 is 1.17 bits per heavy atom. The van der Waals surface area contributed by atoms with Crippen LogP contribution in [-0.4, -0.2) is 48.3 Å². The largest absolute Gasteiger partial charge is 0.375 e. The molecule has 0 aromatic heterocycles. The van der Waals surface area contributed by atoms with Gasteiger partial charge in [-0.05, 0) is 52.4 Å².